The van der Waals surface area contributed by atoms with Crippen molar-refractivity contribution in [2.24, 2.45) is 0 Å². The van der Waals surface area contributed by atoms with Crippen LogP contribution in [0.1, 0.15) is 0 Å². The molecule has 0 nitrogen and oxygen atoms in total. The van der Waals surface area contributed by atoms with Crippen molar-refractivity contribution in [2.45, 2.75) is 0 Å². The Balaban J connectivity index is 0. The molecule has 0 saturated heterocycles. The van der Waals surface area contributed by atoms with Crippen molar-refractivity contribution >= 4 is 0 Å². The van der Waals surface area contributed by atoms with Crippen LogP contribution in [0.2, 0.25) is 0 Å². The van der Waals surface area contributed by atoms with E-state index in [2.05, 4.69) is 0 Å². The fourth-order valence-electron chi connectivity index (χ4n) is 0. The van der Waals surface area contributed by atoms with Crippen LogP contribution in [0.5, 0.6) is 0 Å². The number of rotatable bonds is 0. The summed E-state index contributed by atoms with van der Waals surface area (Å²) in [6.45, 7) is 0. The molecular weight excluding hydrogens is 590 g/mol. The first-order chi connectivity index (χ1) is 0. The molecule has 0 spiro atoms. The molecule has 4 heavy (non-hydrogen) atoms. The van der Waals surface area contributed by atoms with E-state index >= 15 is 0 Å². The van der Waals surface area contributed by atoms with Crippen molar-refractivity contribution < 1.29 is 79.8 Å². The Morgan fingerprint density at radius 2 is 1.00 bits per heavy atom. The maximum Gasteiger partial charge on any atom is 3.00 e. The summed E-state index contributed by atoms with van der Waals surface area (Å²) < 4.78 is 0. The minimum absolute atomic E-state index is 0. The van der Waals surface area contributed by atoms with Crippen LogP contribution in [0.15, 0.2) is 0 Å². The molecule has 0 aromatic heterocycles. The monoisotopic (exact) mass is 593 g/mol. The average molecular weight is 590 g/mol. The van der Waals surface area contributed by atoms with Gasteiger partial charge in [0.05, 0.1) is 0 Å². The van der Waals surface area contributed by atoms with E-state index in [0.29, 0.717) is 0 Å². The van der Waals surface area contributed by atoms with Gasteiger partial charge in [0.15, 0.2) is 0 Å². The normalized spacial score (nSPS) is 0. The van der Waals surface area contributed by atoms with Gasteiger partial charge in [0.25, 0.3) is 0 Å². The second kappa shape index (κ2) is 17.6. The van der Waals surface area contributed by atoms with Gasteiger partial charge in [-0.2, -0.15) is 0 Å². The zero-order chi connectivity index (χ0) is 0. The van der Waals surface area contributed by atoms with Gasteiger partial charge in [-0.1, -0.05) is 0 Å². The Bertz CT molecular complexity index is 8.00. The first-order valence-electron chi connectivity index (χ1n) is 0. The zero-order valence-electron chi connectivity index (χ0n) is 1.36. The van der Waals surface area contributed by atoms with E-state index in [9.17, 15) is 0 Å². The summed E-state index contributed by atoms with van der Waals surface area (Å²) in [6, 6.07) is 0. The topological polar surface area (TPSA) is 0 Å². The third-order valence-electron chi connectivity index (χ3n) is 0. The summed E-state index contributed by atoms with van der Waals surface area (Å²) in [5.41, 5.74) is 0. The summed E-state index contributed by atoms with van der Waals surface area (Å²) >= 11 is 0. The van der Waals surface area contributed by atoms with Gasteiger partial charge in [-0.25, -0.2) is 0 Å². The van der Waals surface area contributed by atoms with E-state index in [4.69, 9.17) is 0 Å². The van der Waals surface area contributed by atoms with Crippen LogP contribution in [0.3, 0.4) is 0 Å². The predicted octanol–water partition coefficient (Wildman–Crippen LogP) is -0.0100. The molecule has 0 N–H and O–H groups in total. The van der Waals surface area contributed by atoms with E-state index in [1.54, 1.807) is 0 Å². The van der Waals surface area contributed by atoms with Crippen LogP contribution < -0.4 is 0 Å². The summed E-state index contributed by atoms with van der Waals surface area (Å²) in [5, 5.41) is 0. The molecule has 0 bridgehead atoms. The summed E-state index contributed by atoms with van der Waals surface area (Å²) in [5.74, 6) is 0. The quantitative estimate of drug-likeness (QED) is 0.349. The molecule has 0 amide bonds. The minimum atomic E-state index is 0. The van der Waals surface area contributed by atoms with Gasteiger partial charge in [-0.15, -0.1) is 0 Å². The van der Waals surface area contributed by atoms with Gasteiger partial charge in [0.2, 0.25) is 0 Å². The Hall–Kier alpha value is 2.57. The Morgan fingerprint density at radius 3 is 1.00 bits per heavy atom. The third kappa shape index (κ3) is 8.82. The van der Waals surface area contributed by atoms with Crippen LogP contribution in [0.25, 0.3) is 0 Å². The van der Waals surface area contributed by atoms with Gasteiger partial charge >= 0.3 is 79.8 Å². The van der Waals surface area contributed by atoms with Gasteiger partial charge in [-0.05, 0) is 0 Å². The van der Waals surface area contributed by atoms with Crippen LogP contribution in [0, 0.1) is 0 Å². The van der Waals surface area contributed by atoms with E-state index in [1.807, 2.05) is 0 Å². The zero-order valence-corrected chi connectivity index (χ0v) is 9.58. The molecular formula is IrOsPdRu+9. The van der Waals surface area contributed by atoms with Gasteiger partial charge in [-0.3, -0.25) is 0 Å². The van der Waals surface area contributed by atoms with Crippen LogP contribution >= 0.6 is 0 Å². The minimum Gasteiger partial charge on any atom is 2.00 e. The standard InChI is InChI=1S/Ir.Os.Pd.Ru/q+3;3*+2. The molecule has 0 aliphatic carbocycles. The van der Waals surface area contributed by atoms with Crippen LogP contribution in [-0.2, 0) is 79.8 Å². The molecule has 0 aliphatic rings. The van der Waals surface area contributed by atoms with Gasteiger partial charge < -0.3 is 0 Å². The molecule has 0 unspecified atom stereocenters. The Morgan fingerprint density at radius 1 is 1.00 bits per heavy atom. The molecule has 0 atom stereocenters. The van der Waals surface area contributed by atoms with E-state index in [1.165, 1.54) is 0 Å². The molecule has 0 heterocycles. The fraction of sp³-hybridized carbons (Fsp3) is 0. The smallest absolute Gasteiger partial charge is 2.00 e. The molecule has 0 radical (unpaired) electrons. The molecule has 4 heteroatoms. The molecule has 26 valence electrons. The molecule has 0 saturated carbocycles. The summed E-state index contributed by atoms with van der Waals surface area (Å²) in [6.07, 6.45) is 0. The van der Waals surface area contributed by atoms with E-state index in [0.717, 1.165) is 0 Å². The first-order valence-corrected chi connectivity index (χ1v) is 0. The second-order valence-electron chi connectivity index (χ2n) is 0. The van der Waals surface area contributed by atoms with E-state index < -0.39 is 0 Å². The summed E-state index contributed by atoms with van der Waals surface area (Å²) in [7, 11) is 0. The van der Waals surface area contributed by atoms with Gasteiger partial charge in [0.1, 0.15) is 0 Å². The SMILES string of the molecule is [Ir+3].[Os+2].[Pd+2].[Ru+2]. The summed E-state index contributed by atoms with van der Waals surface area (Å²) in [4.78, 5) is 0. The van der Waals surface area contributed by atoms with Gasteiger partial charge in [0, 0.05) is 0 Å². The third-order valence-corrected chi connectivity index (χ3v) is 0. The van der Waals surface area contributed by atoms with Crippen molar-refractivity contribution in [1.82, 2.24) is 0 Å². The first kappa shape index (κ1) is 30.8. The molecule has 0 rings (SSSR count). The van der Waals surface area contributed by atoms with Crippen molar-refractivity contribution in [1.29, 1.82) is 0 Å². The molecule has 0 aliphatic heterocycles. The molecule has 0 aromatic rings. The van der Waals surface area contributed by atoms with Crippen molar-refractivity contribution in [3.8, 4) is 0 Å². The predicted molar refractivity (Wildman–Crippen MR) is 0 cm³/mol. The van der Waals surface area contributed by atoms with Crippen LogP contribution in [0.4, 0.5) is 0 Å². The van der Waals surface area contributed by atoms with Crippen molar-refractivity contribution in [2.75, 3.05) is 0 Å². The van der Waals surface area contributed by atoms with E-state index in [-0.39, 0.29) is 79.8 Å². The number of hydrogen-bond acceptors (Lipinski definition) is 0. The second-order valence-corrected chi connectivity index (χ2v) is 0. The molecule has 0 aromatic carbocycles. The maximum atomic E-state index is 0. The Labute approximate surface area is 78.7 Å². The number of hydrogen-bond donors (Lipinski definition) is 0. The van der Waals surface area contributed by atoms with Crippen LogP contribution in [-0.4, -0.2) is 0 Å². The molecule has 0 fully saturated rings. The fourth-order valence-corrected chi connectivity index (χ4v) is 0. The maximum absolute atomic E-state index is 0. The largest absolute Gasteiger partial charge is 3.00 e. The van der Waals surface area contributed by atoms with Crippen molar-refractivity contribution in [3.05, 3.63) is 0 Å². The average Bonchev–Trinajstić information content (AvgIpc) is 0. The Kier molecular flexibility index (Phi) is 136. The van der Waals surface area contributed by atoms with Crippen molar-refractivity contribution in [3.63, 3.8) is 0 Å².